The molecule has 0 atom stereocenters. The summed E-state index contributed by atoms with van der Waals surface area (Å²) in [7, 11) is 3.71. The molecule has 168 valence electrons. The van der Waals surface area contributed by atoms with Crippen LogP contribution in [-0.4, -0.2) is 67.1 Å². The Hall–Kier alpha value is -2.75. The SMILES string of the molecule is COc1cccc(-c2nnc(SCC(=O)Nc3cc(Cl)ccc3N3CCN(C)CC3)o2)c1. The molecule has 8 nitrogen and oxygen atoms in total. The van der Waals surface area contributed by atoms with Crippen LogP contribution in [0.4, 0.5) is 11.4 Å². The second kappa shape index (κ2) is 10.2. The van der Waals surface area contributed by atoms with Gasteiger partial charge in [-0.05, 0) is 43.4 Å². The van der Waals surface area contributed by atoms with Crippen LogP contribution in [0.2, 0.25) is 5.02 Å². The highest BCUT2D eigenvalue weighted by Crippen LogP contribution is 2.31. The number of hydrogen-bond donors (Lipinski definition) is 1. The molecule has 0 spiro atoms. The summed E-state index contributed by atoms with van der Waals surface area (Å²) < 4.78 is 10.9. The molecule has 1 aromatic heterocycles. The van der Waals surface area contributed by atoms with E-state index < -0.39 is 0 Å². The maximum Gasteiger partial charge on any atom is 0.277 e. The fourth-order valence-corrected chi connectivity index (χ4v) is 4.12. The number of rotatable bonds is 7. The van der Waals surface area contributed by atoms with E-state index in [4.69, 9.17) is 20.8 Å². The van der Waals surface area contributed by atoms with Gasteiger partial charge in [0.15, 0.2) is 0 Å². The van der Waals surface area contributed by atoms with Gasteiger partial charge in [0, 0.05) is 36.8 Å². The fraction of sp³-hybridized carbons (Fsp3) is 0.318. The zero-order valence-corrected chi connectivity index (χ0v) is 19.4. The summed E-state index contributed by atoms with van der Waals surface area (Å²) >= 11 is 7.37. The lowest BCUT2D eigenvalue weighted by atomic mass is 10.2. The molecule has 1 amide bonds. The van der Waals surface area contributed by atoms with Gasteiger partial charge in [-0.15, -0.1) is 10.2 Å². The summed E-state index contributed by atoms with van der Waals surface area (Å²) in [6.45, 7) is 3.73. The zero-order chi connectivity index (χ0) is 22.5. The highest BCUT2D eigenvalue weighted by atomic mass is 35.5. The van der Waals surface area contributed by atoms with Gasteiger partial charge >= 0.3 is 0 Å². The maximum atomic E-state index is 12.6. The molecule has 2 aromatic carbocycles. The molecule has 4 rings (SSSR count). The Kier molecular flexibility index (Phi) is 7.19. The lowest BCUT2D eigenvalue weighted by Gasteiger charge is -2.35. The maximum absolute atomic E-state index is 12.6. The minimum atomic E-state index is -0.172. The average Bonchev–Trinajstić information content (AvgIpc) is 3.28. The molecule has 0 unspecified atom stereocenters. The Balaban J connectivity index is 1.38. The third-order valence-corrected chi connectivity index (χ3v) is 6.18. The van der Waals surface area contributed by atoms with Crippen molar-refractivity contribution in [2.24, 2.45) is 0 Å². The number of likely N-dealkylation sites (N-methyl/N-ethyl adjacent to an activating group) is 1. The molecule has 0 radical (unpaired) electrons. The first kappa shape index (κ1) is 22.4. The van der Waals surface area contributed by atoms with Crippen LogP contribution >= 0.6 is 23.4 Å². The molecule has 1 aliphatic heterocycles. The Morgan fingerprint density at radius 3 is 2.78 bits per heavy atom. The number of amides is 1. The molecule has 1 fully saturated rings. The minimum absolute atomic E-state index is 0.133. The third kappa shape index (κ3) is 5.53. The van der Waals surface area contributed by atoms with E-state index in [1.807, 2.05) is 36.4 Å². The molecule has 1 N–H and O–H groups in total. The van der Waals surface area contributed by atoms with E-state index in [0.717, 1.165) is 37.4 Å². The van der Waals surface area contributed by atoms with E-state index in [1.54, 1.807) is 13.2 Å². The minimum Gasteiger partial charge on any atom is -0.497 e. The van der Waals surface area contributed by atoms with Crippen LogP contribution in [0.5, 0.6) is 5.75 Å². The molecule has 32 heavy (non-hydrogen) atoms. The van der Waals surface area contributed by atoms with Crippen LogP contribution in [-0.2, 0) is 4.79 Å². The number of nitrogens with zero attached hydrogens (tertiary/aromatic N) is 4. The number of halogens is 1. The molecule has 10 heteroatoms. The number of aromatic nitrogens is 2. The summed E-state index contributed by atoms with van der Waals surface area (Å²) in [5.74, 6) is 1.04. The number of thioether (sulfide) groups is 1. The van der Waals surface area contributed by atoms with Crippen molar-refractivity contribution in [3.05, 3.63) is 47.5 Å². The summed E-state index contributed by atoms with van der Waals surface area (Å²) in [5, 5.41) is 12.0. The van der Waals surface area contributed by atoms with Gasteiger partial charge in [-0.1, -0.05) is 29.4 Å². The van der Waals surface area contributed by atoms with E-state index in [1.165, 1.54) is 11.8 Å². The third-order valence-electron chi connectivity index (χ3n) is 5.13. The normalized spacial score (nSPS) is 14.4. The van der Waals surface area contributed by atoms with Crippen LogP contribution in [0.3, 0.4) is 0 Å². The molecule has 0 saturated carbocycles. The van der Waals surface area contributed by atoms with Gasteiger partial charge in [-0.2, -0.15) is 0 Å². The van der Waals surface area contributed by atoms with Crippen LogP contribution < -0.4 is 15.0 Å². The summed E-state index contributed by atoms with van der Waals surface area (Å²) in [6, 6.07) is 12.9. The van der Waals surface area contributed by atoms with Crippen molar-refractivity contribution in [3.8, 4) is 17.2 Å². The van der Waals surface area contributed by atoms with Gasteiger partial charge < -0.3 is 24.3 Å². The number of methoxy groups -OCH3 is 1. The molecule has 0 bridgehead atoms. The Labute approximate surface area is 195 Å². The summed E-state index contributed by atoms with van der Waals surface area (Å²) in [5.41, 5.74) is 2.43. The lowest BCUT2D eigenvalue weighted by Crippen LogP contribution is -2.44. The van der Waals surface area contributed by atoms with Crippen LogP contribution in [0, 0.1) is 0 Å². The van der Waals surface area contributed by atoms with Crippen molar-refractivity contribution in [2.45, 2.75) is 5.22 Å². The number of benzene rings is 2. The Morgan fingerprint density at radius 1 is 1.19 bits per heavy atom. The van der Waals surface area contributed by atoms with Crippen molar-refractivity contribution in [1.29, 1.82) is 0 Å². The standard InChI is InChI=1S/C22H24ClN5O3S/c1-27-8-10-28(11-9-27)19-7-6-16(23)13-18(19)24-20(29)14-32-22-26-25-21(31-22)15-4-3-5-17(12-15)30-2/h3-7,12-13H,8-11,14H2,1-2H3,(H,24,29). The molecule has 0 aliphatic carbocycles. The van der Waals surface area contributed by atoms with Crippen molar-refractivity contribution in [1.82, 2.24) is 15.1 Å². The Morgan fingerprint density at radius 2 is 2.00 bits per heavy atom. The average molecular weight is 474 g/mol. The smallest absolute Gasteiger partial charge is 0.277 e. The van der Waals surface area contributed by atoms with Gasteiger partial charge in [-0.3, -0.25) is 4.79 Å². The van der Waals surface area contributed by atoms with Crippen molar-refractivity contribution in [2.75, 3.05) is 56.3 Å². The van der Waals surface area contributed by atoms with Gasteiger partial charge in [-0.25, -0.2) is 0 Å². The van der Waals surface area contributed by atoms with Crippen LogP contribution in [0.25, 0.3) is 11.5 Å². The second-order valence-corrected chi connectivity index (χ2v) is 8.76. The molecular formula is C22H24ClN5O3S. The lowest BCUT2D eigenvalue weighted by molar-refractivity contribution is -0.113. The molecule has 1 aliphatic rings. The van der Waals surface area contributed by atoms with Crippen LogP contribution in [0.1, 0.15) is 0 Å². The second-order valence-electron chi connectivity index (χ2n) is 7.39. The first-order chi connectivity index (χ1) is 15.5. The van der Waals surface area contributed by atoms with E-state index in [0.29, 0.717) is 27.6 Å². The predicted octanol–water partition coefficient (Wildman–Crippen LogP) is 3.88. The van der Waals surface area contributed by atoms with Crippen LogP contribution in [0.15, 0.2) is 52.1 Å². The van der Waals surface area contributed by atoms with E-state index >= 15 is 0 Å². The first-order valence-electron chi connectivity index (χ1n) is 10.2. The monoisotopic (exact) mass is 473 g/mol. The van der Waals surface area contributed by atoms with Gasteiger partial charge in [0.05, 0.1) is 24.2 Å². The zero-order valence-electron chi connectivity index (χ0n) is 17.9. The number of ether oxygens (including phenoxy) is 1. The topological polar surface area (TPSA) is 83.7 Å². The van der Waals surface area contributed by atoms with Crippen molar-refractivity contribution < 1.29 is 13.9 Å². The van der Waals surface area contributed by atoms with Crippen molar-refractivity contribution >= 4 is 40.6 Å². The summed E-state index contributed by atoms with van der Waals surface area (Å²) in [6.07, 6.45) is 0. The fourth-order valence-electron chi connectivity index (χ4n) is 3.39. The number of carbonyl (C=O) groups is 1. The highest BCUT2D eigenvalue weighted by molar-refractivity contribution is 7.99. The number of anilines is 2. The highest BCUT2D eigenvalue weighted by Gasteiger charge is 2.19. The molecule has 2 heterocycles. The number of nitrogens with one attached hydrogen (secondary N) is 1. The number of hydrogen-bond acceptors (Lipinski definition) is 8. The van der Waals surface area contributed by atoms with E-state index in [2.05, 4.69) is 32.4 Å². The molecule has 1 saturated heterocycles. The quantitative estimate of drug-likeness (QED) is 0.517. The molecule has 3 aromatic rings. The first-order valence-corrected chi connectivity index (χ1v) is 11.5. The van der Waals surface area contributed by atoms with Gasteiger partial charge in [0.1, 0.15) is 5.75 Å². The van der Waals surface area contributed by atoms with E-state index in [9.17, 15) is 4.79 Å². The summed E-state index contributed by atoms with van der Waals surface area (Å²) in [4.78, 5) is 17.2. The van der Waals surface area contributed by atoms with Crippen molar-refractivity contribution in [3.63, 3.8) is 0 Å². The van der Waals surface area contributed by atoms with E-state index in [-0.39, 0.29) is 11.7 Å². The van der Waals surface area contributed by atoms with Gasteiger partial charge in [0.2, 0.25) is 11.8 Å². The van der Waals surface area contributed by atoms with Gasteiger partial charge in [0.25, 0.3) is 5.22 Å². The largest absolute Gasteiger partial charge is 0.497 e. The Bertz CT molecular complexity index is 1080. The number of piperazine rings is 1. The number of carbonyl (C=O) groups excluding carboxylic acids is 1. The predicted molar refractivity (Wildman–Crippen MR) is 127 cm³/mol. The molecular weight excluding hydrogens is 450 g/mol.